The van der Waals surface area contributed by atoms with Crippen molar-refractivity contribution in [3.05, 3.63) is 35.9 Å². The SMILES string of the molecule is O=P1(OCc2ccccc2)CC(CO)CO1. The van der Waals surface area contributed by atoms with Crippen molar-refractivity contribution in [3.8, 4) is 0 Å². The molecule has 4 nitrogen and oxygen atoms in total. The van der Waals surface area contributed by atoms with Gasteiger partial charge in [0.15, 0.2) is 0 Å². The number of aliphatic hydroxyl groups excluding tert-OH is 1. The zero-order valence-corrected chi connectivity index (χ0v) is 9.81. The van der Waals surface area contributed by atoms with E-state index in [0.29, 0.717) is 12.8 Å². The summed E-state index contributed by atoms with van der Waals surface area (Å²) in [6.45, 7) is 0.609. The van der Waals surface area contributed by atoms with Crippen molar-refractivity contribution in [2.24, 2.45) is 5.92 Å². The number of rotatable bonds is 4. The summed E-state index contributed by atoms with van der Waals surface area (Å²) >= 11 is 0. The van der Waals surface area contributed by atoms with E-state index in [0.717, 1.165) is 5.56 Å². The highest BCUT2D eigenvalue weighted by atomic mass is 31.2. The maximum Gasteiger partial charge on any atom is 0.331 e. The molecule has 2 atom stereocenters. The second-order valence-corrected chi connectivity index (χ2v) is 6.00. The van der Waals surface area contributed by atoms with Crippen LogP contribution in [0.2, 0.25) is 0 Å². The van der Waals surface area contributed by atoms with Gasteiger partial charge in [-0.25, -0.2) is 0 Å². The molecule has 16 heavy (non-hydrogen) atoms. The molecule has 1 saturated heterocycles. The van der Waals surface area contributed by atoms with Gasteiger partial charge in [-0.15, -0.1) is 0 Å². The smallest absolute Gasteiger partial charge is 0.331 e. The topological polar surface area (TPSA) is 55.8 Å². The van der Waals surface area contributed by atoms with Crippen molar-refractivity contribution in [1.29, 1.82) is 0 Å². The molecule has 0 radical (unpaired) electrons. The Morgan fingerprint density at radius 2 is 2.19 bits per heavy atom. The first-order valence-corrected chi connectivity index (χ1v) is 6.97. The maximum atomic E-state index is 12.0. The summed E-state index contributed by atoms with van der Waals surface area (Å²) < 4.78 is 22.5. The summed E-state index contributed by atoms with van der Waals surface area (Å²) in [5.74, 6) is -0.0541. The van der Waals surface area contributed by atoms with Crippen LogP contribution in [0.25, 0.3) is 0 Å². The van der Waals surface area contributed by atoms with E-state index < -0.39 is 7.60 Å². The number of benzene rings is 1. The van der Waals surface area contributed by atoms with E-state index in [9.17, 15) is 4.57 Å². The summed E-state index contributed by atoms with van der Waals surface area (Å²) in [4.78, 5) is 0. The van der Waals surface area contributed by atoms with Crippen LogP contribution >= 0.6 is 7.60 Å². The third-order valence-corrected chi connectivity index (χ3v) is 4.55. The number of hydrogen-bond acceptors (Lipinski definition) is 4. The lowest BCUT2D eigenvalue weighted by atomic mass is 10.2. The molecule has 0 aromatic heterocycles. The van der Waals surface area contributed by atoms with Gasteiger partial charge in [0.25, 0.3) is 0 Å². The Labute approximate surface area is 94.7 Å². The van der Waals surface area contributed by atoms with Gasteiger partial charge in [0.2, 0.25) is 0 Å². The van der Waals surface area contributed by atoms with Crippen molar-refractivity contribution in [3.63, 3.8) is 0 Å². The van der Waals surface area contributed by atoms with E-state index in [-0.39, 0.29) is 19.1 Å². The molecule has 0 amide bonds. The molecule has 0 saturated carbocycles. The molecule has 5 heteroatoms. The minimum Gasteiger partial charge on any atom is -0.396 e. The summed E-state index contributed by atoms with van der Waals surface area (Å²) in [5.41, 5.74) is 0.966. The fraction of sp³-hybridized carbons (Fsp3) is 0.455. The molecule has 1 aliphatic heterocycles. The molecule has 1 aliphatic rings. The second-order valence-electron chi connectivity index (χ2n) is 3.90. The molecule has 0 bridgehead atoms. The lowest BCUT2D eigenvalue weighted by Crippen LogP contribution is -2.07. The molecule has 1 aromatic carbocycles. The van der Waals surface area contributed by atoms with Gasteiger partial charge in [0, 0.05) is 12.5 Å². The Hall–Kier alpha value is -0.670. The fourth-order valence-corrected chi connectivity index (χ4v) is 3.51. The monoisotopic (exact) mass is 242 g/mol. The van der Waals surface area contributed by atoms with Crippen LogP contribution < -0.4 is 0 Å². The Balaban J connectivity index is 1.89. The Bertz CT molecular complexity index is 379. The second kappa shape index (κ2) is 5.11. The highest BCUT2D eigenvalue weighted by Crippen LogP contribution is 2.55. The molecular weight excluding hydrogens is 227 g/mol. The number of aliphatic hydroxyl groups is 1. The standard InChI is InChI=1S/C11H15O4P/c12-6-11-8-15-16(13,9-11)14-7-10-4-2-1-3-5-10/h1-5,11-12H,6-9H2. The lowest BCUT2D eigenvalue weighted by Gasteiger charge is -2.11. The predicted octanol–water partition coefficient (Wildman–Crippen LogP) is 2.03. The first kappa shape index (κ1) is 11.8. The van der Waals surface area contributed by atoms with Crippen molar-refractivity contribution >= 4 is 7.60 Å². The largest absolute Gasteiger partial charge is 0.396 e. The summed E-state index contributed by atoms with van der Waals surface area (Å²) in [6, 6.07) is 9.54. The van der Waals surface area contributed by atoms with Gasteiger partial charge in [-0.1, -0.05) is 30.3 Å². The fourth-order valence-electron chi connectivity index (χ4n) is 1.59. The van der Waals surface area contributed by atoms with Crippen LogP contribution in [0.4, 0.5) is 0 Å². The molecule has 0 spiro atoms. The third-order valence-electron chi connectivity index (χ3n) is 2.52. The molecule has 1 fully saturated rings. The van der Waals surface area contributed by atoms with Gasteiger partial charge in [-0.05, 0) is 5.56 Å². The maximum absolute atomic E-state index is 12.0. The van der Waals surface area contributed by atoms with Crippen molar-refractivity contribution < 1.29 is 18.7 Å². The summed E-state index contributed by atoms with van der Waals surface area (Å²) in [6.07, 6.45) is 0.316. The first-order chi connectivity index (χ1) is 7.72. The van der Waals surface area contributed by atoms with Crippen molar-refractivity contribution in [2.75, 3.05) is 19.4 Å². The molecule has 0 aliphatic carbocycles. The molecule has 1 heterocycles. The van der Waals surface area contributed by atoms with E-state index in [4.69, 9.17) is 14.2 Å². The summed E-state index contributed by atoms with van der Waals surface area (Å²) in [5, 5.41) is 8.93. The Morgan fingerprint density at radius 1 is 1.44 bits per heavy atom. The van der Waals surface area contributed by atoms with Crippen molar-refractivity contribution in [1.82, 2.24) is 0 Å². The molecule has 88 valence electrons. The zero-order chi connectivity index (χ0) is 11.4. The van der Waals surface area contributed by atoms with E-state index >= 15 is 0 Å². The Kier molecular flexibility index (Phi) is 3.77. The summed E-state index contributed by atoms with van der Waals surface area (Å²) in [7, 11) is -2.97. The lowest BCUT2D eigenvalue weighted by molar-refractivity contribution is 0.187. The van der Waals surface area contributed by atoms with Gasteiger partial charge in [0.1, 0.15) is 0 Å². The molecule has 1 N–H and O–H groups in total. The van der Waals surface area contributed by atoms with Crippen LogP contribution in [0, 0.1) is 5.92 Å². The third kappa shape index (κ3) is 2.92. The zero-order valence-electron chi connectivity index (χ0n) is 8.91. The van der Waals surface area contributed by atoms with Gasteiger partial charge < -0.3 is 14.2 Å². The van der Waals surface area contributed by atoms with Crippen LogP contribution in [0.3, 0.4) is 0 Å². The van der Waals surface area contributed by atoms with E-state index in [2.05, 4.69) is 0 Å². The Morgan fingerprint density at radius 3 is 2.81 bits per heavy atom. The van der Waals surface area contributed by atoms with Gasteiger partial charge in [0.05, 0.1) is 19.4 Å². The van der Waals surface area contributed by atoms with E-state index in [1.165, 1.54) is 0 Å². The molecule has 2 unspecified atom stereocenters. The first-order valence-electron chi connectivity index (χ1n) is 5.25. The average molecular weight is 242 g/mol. The van der Waals surface area contributed by atoms with Gasteiger partial charge in [-0.2, -0.15) is 0 Å². The van der Waals surface area contributed by atoms with E-state index in [1.807, 2.05) is 30.3 Å². The van der Waals surface area contributed by atoms with Gasteiger partial charge in [-0.3, -0.25) is 4.57 Å². The van der Waals surface area contributed by atoms with Crippen LogP contribution in [0.5, 0.6) is 0 Å². The highest BCUT2D eigenvalue weighted by Gasteiger charge is 2.36. The minimum absolute atomic E-state index is 0.00130. The van der Waals surface area contributed by atoms with Crippen LogP contribution in [0.1, 0.15) is 5.56 Å². The van der Waals surface area contributed by atoms with Crippen LogP contribution in [-0.2, 0) is 20.2 Å². The normalized spacial score (nSPS) is 29.4. The van der Waals surface area contributed by atoms with Gasteiger partial charge >= 0.3 is 7.60 Å². The average Bonchev–Trinajstić information content (AvgIpc) is 2.71. The molecule has 2 rings (SSSR count). The van der Waals surface area contributed by atoms with E-state index in [1.54, 1.807) is 0 Å². The molecule has 1 aromatic rings. The van der Waals surface area contributed by atoms with Crippen LogP contribution in [0.15, 0.2) is 30.3 Å². The van der Waals surface area contributed by atoms with Crippen molar-refractivity contribution in [2.45, 2.75) is 6.61 Å². The van der Waals surface area contributed by atoms with Crippen LogP contribution in [-0.4, -0.2) is 24.5 Å². The highest BCUT2D eigenvalue weighted by molar-refractivity contribution is 7.54. The predicted molar refractivity (Wildman–Crippen MR) is 60.2 cm³/mol. The molecular formula is C11H15O4P. The minimum atomic E-state index is -2.97. The number of hydrogen-bond donors (Lipinski definition) is 1. The quantitative estimate of drug-likeness (QED) is 0.821.